The highest BCUT2D eigenvalue weighted by Crippen LogP contribution is 2.20. The lowest BCUT2D eigenvalue weighted by Crippen LogP contribution is -2.24. The lowest BCUT2D eigenvalue weighted by molar-refractivity contribution is 0.595. The van der Waals surface area contributed by atoms with Gasteiger partial charge < -0.3 is 5.32 Å². The number of nitrogens with zero attached hydrogens (tertiary/aromatic N) is 1. The molecule has 2 heteroatoms. The Balaban J connectivity index is 1.80. The third-order valence-corrected chi connectivity index (χ3v) is 3.54. The quantitative estimate of drug-likeness (QED) is 0.889. The molecule has 2 nitrogen and oxygen atoms in total. The summed E-state index contributed by atoms with van der Waals surface area (Å²) in [5.74, 6) is 0. The molecular weight excluding hydrogens is 220 g/mol. The van der Waals surface area contributed by atoms with E-state index in [9.17, 15) is 0 Å². The zero-order chi connectivity index (χ0) is 12.2. The Bertz CT molecular complexity index is 502. The number of nitrogens with one attached hydrogen (secondary N) is 1. The first kappa shape index (κ1) is 11.4. The van der Waals surface area contributed by atoms with Crippen LogP contribution in [0.3, 0.4) is 0 Å². The molecule has 1 atom stereocenters. The molecule has 1 aromatic carbocycles. The standard InChI is InChI=1S/C16H18N2/c1-2-5-13(6-3-1)14-8-10-18-16(11-14)12-15-7-4-9-17-15/h1-3,5-6,8,10-11,15,17H,4,7,9,12H2. The molecule has 1 saturated heterocycles. The molecule has 1 aromatic heterocycles. The van der Waals surface area contributed by atoms with E-state index in [1.54, 1.807) is 0 Å². The molecule has 1 aliphatic heterocycles. The molecule has 2 heterocycles. The summed E-state index contributed by atoms with van der Waals surface area (Å²) in [6.07, 6.45) is 5.54. The largest absolute Gasteiger partial charge is 0.314 e. The van der Waals surface area contributed by atoms with Gasteiger partial charge in [-0.15, -0.1) is 0 Å². The summed E-state index contributed by atoms with van der Waals surface area (Å²) < 4.78 is 0. The Labute approximate surface area is 108 Å². The third-order valence-electron chi connectivity index (χ3n) is 3.54. The van der Waals surface area contributed by atoms with Gasteiger partial charge in [0.05, 0.1) is 0 Å². The van der Waals surface area contributed by atoms with E-state index in [4.69, 9.17) is 0 Å². The van der Waals surface area contributed by atoms with Gasteiger partial charge in [0, 0.05) is 24.4 Å². The van der Waals surface area contributed by atoms with Crippen molar-refractivity contribution >= 4 is 0 Å². The van der Waals surface area contributed by atoms with E-state index >= 15 is 0 Å². The molecule has 1 aliphatic rings. The smallest absolute Gasteiger partial charge is 0.0425 e. The third kappa shape index (κ3) is 2.59. The second-order valence-electron chi connectivity index (χ2n) is 4.90. The molecule has 0 radical (unpaired) electrons. The number of hydrogen-bond donors (Lipinski definition) is 1. The van der Waals surface area contributed by atoms with Crippen molar-refractivity contribution in [2.24, 2.45) is 0 Å². The molecular formula is C16H18N2. The van der Waals surface area contributed by atoms with Crippen molar-refractivity contribution < 1.29 is 0 Å². The minimum Gasteiger partial charge on any atom is -0.314 e. The van der Waals surface area contributed by atoms with Crippen LogP contribution < -0.4 is 5.32 Å². The van der Waals surface area contributed by atoms with E-state index in [0.717, 1.165) is 13.0 Å². The molecule has 18 heavy (non-hydrogen) atoms. The molecule has 0 aliphatic carbocycles. The van der Waals surface area contributed by atoms with Crippen molar-refractivity contribution in [1.82, 2.24) is 10.3 Å². The molecule has 0 saturated carbocycles. The Morgan fingerprint density at radius 3 is 2.78 bits per heavy atom. The second-order valence-corrected chi connectivity index (χ2v) is 4.90. The minimum absolute atomic E-state index is 0.614. The van der Waals surface area contributed by atoms with Crippen molar-refractivity contribution in [3.05, 3.63) is 54.4 Å². The van der Waals surface area contributed by atoms with Crippen LogP contribution in [-0.4, -0.2) is 17.6 Å². The number of hydrogen-bond acceptors (Lipinski definition) is 2. The SMILES string of the molecule is c1ccc(-c2ccnc(CC3CCCN3)c2)cc1. The second kappa shape index (κ2) is 5.32. The van der Waals surface area contributed by atoms with Gasteiger partial charge in [0.15, 0.2) is 0 Å². The summed E-state index contributed by atoms with van der Waals surface area (Å²) in [7, 11) is 0. The fraction of sp³-hybridized carbons (Fsp3) is 0.312. The van der Waals surface area contributed by atoms with Crippen LogP contribution in [0.15, 0.2) is 48.7 Å². The van der Waals surface area contributed by atoms with Crippen LogP contribution in [0, 0.1) is 0 Å². The van der Waals surface area contributed by atoms with Crippen LogP contribution in [0.1, 0.15) is 18.5 Å². The highest BCUT2D eigenvalue weighted by molar-refractivity contribution is 5.63. The van der Waals surface area contributed by atoms with Gasteiger partial charge >= 0.3 is 0 Å². The van der Waals surface area contributed by atoms with Gasteiger partial charge in [-0.3, -0.25) is 4.98 Å². The molecule has 1 unspecified atom stereocenters. The first-order valence-corrected chi connectivity index (χ1v) is 6.65. The summed E-state index contributed by atoms with van der Waals surface area (Å²) in [5, 5.41) is 3.52. The molecule has 0 bridgehead atoms. The summed E-state index contributed by atoms with van der Waals surface area (Å²) in [4.78, 5) is 4.49. The van der Waals surface area contributed by atoms with Gasteiger partial charge in [-0.25, -0.2) is 0 Å². The van der Waals surface area contributed by atoms with E-state index in [2.05, 4.69) is 46.7 Å². The van der Waals surface area contributed by atoms with Crippen molar-refractivity contribution in [2.45, 2.75) is 25.3 Å². The summed E-state index contributed by atoms with van der Waals surface area (Å²) >= 11 is 0. The fourth-order valence-corrected chi connectivity index (χ4v) is 2.58. The average molecular weight is 238 g/mol. The van der Waals surface area contributed by atoms with Crippen LogP contribution in [-0.2, 0) is 6.42 Å². The van der Waals surface area contributed by atoms with Gasteiger partial charge in [0.25, 0.3) is 0 Å². The van der Waals surface area contributed by atoms with Gasteiger partial charge in [-0.05, 0) is 42.6 Å². The maximum absolute atomic E-state index is 4.49. The zero-order valence-corrected chi connectivity index (χ0v) is 10.5. The van der Waals surface area contributed by atoms with E-state index in [1.165, 1.54) is 29.7 Å². The number of pyridine rings is 1. The number of benzene rings is 1. The Morgan fingerprint density at radius 1 is 1.11 bits per heavy atom. The van der Waals surface area contributed by atoms with E-state index in [-0.39, 0.29) is 0 Å². The lowest BCUT2D eigenvalue weighted by atomic mass is 10.0. The van der Waals surface area contributed by atoms with Gasteiger partial charge in [-0.1, -0.05) is 30.3 Å². The summed E-state index contributed by atoms with van der Waals surface area (Å²) in [6, 6.07) is 15.4. The van der Waals surface area contributed by atoms with Crippen molar-refractivity contribution in [1.29, 1.82) is 0 Å². The van der Waals surface area contributed by atoms with Crippen LogP contribution in [0.2, 0.25) is 0 Å². The van der Waals surface area contributed by atoms with E-state index < -0.39 is 0 Å². The van der Waals surface area contributed by atoms with E-state index in [0.29, 0.717) is 6.04 Å². The number of rotatable bonds is 3. The molecule has 1 fully saturated rings. The topological polar surface area (TPSA) is 24.9 Å². The highest BCUT2D eigenvalue weighted by atomic mass is 14.9. The number of aromatic nitrogens is 1. The normalized spacial score (nSPS) is 19.0. The van der Waals surface area contributed by atoms with Gasteiger partial charge in [-0.2, -0.15) is 0 Å². The predicted octanol–water partition coefficient (Wildman–Crippen LogP) is 3.04. The summed E-state index contributed by atoms with van der Waals surface area (Å²) in [5.41, 5.74) is 3.72. The predicted molar refractivity (Wildman–Crippen MR) is 74.4 cm³/mol. The Hall–Kier alpha value is -1.67. The Kier molecular flexibility index (Phi) is 3.37. The first-order valence-electron chi connectivity index (χ1n) is 6.65. The average Bonchev–Trinajstić information content (AvgIpc) is 2.93. The van der Waals surface area contributed by atoms with Gasteiger partial charge in [0.1, 0.15) is 0 Å². The fourth-order valence-electron chi connectivity index (χ4n) is 2.58. The molecule has 0 amide bonds. The van der Waals surface area contributed by atoms with Crippen LogP contribution in [0.4, 0.5) is 0 Å². The van der Waals surface area contributed by atoms with Gasteiger partial charge in [0.2, 0.25) is 0 Å². The Morgan fingerprint density at radius 2 is 2.00 bits per heavy atom. The molecule has 0 spiro atoms. The highest BCUT2D eigenvalue weighted by Gasteiger charge is 2.15. The van der Waals surface area contributed by atoms with E-state index in [1.807, 2.05) is 12.3 Å². The maximum Gasteiger partial charge on any atom is 0.0425 e. The molecule has 3 rings (SSSR count). The van der Waals surface area contributed by atoms with Crippen LogP contribution >= 0.6 is 0 Å². The molecule has 2 aromatic rings. The van der Waals surface area contributed by atoms with Crippen LogP contribution in [0.25, 0.3) is 11.1 Å². The maximum atomic E-state index is 4.49. The van der Waals surface area contributed by atoms with Crippen molar-refractivity contribution in [3.8, 4) is 11.1 Å². The van der Waals surface area contributed by atoms with Crippen molar-refractivity contribution in [2.75, 3.05) is 6.54 Å². The summed E-state index contributed by atoms with van der Waals surface area (Å²) in [6.45, 7) is 1.16. The minimum atomic E-state index is 0.614. The van der Waals surface area contributed by atoms with Crippen LogP contribution in [0.5, 0.6) is 0 Å². The first-order chi connectivity index (χ1) is 8.92. The van der Waals surface area contributed by atoms with Crippen molar-refractivity contribution in [3.63, 3.8) is 0 Å². The zero-order valence-electron chi connectivity index (χ0n) is 10.5. The monoisotopic (exact) mass is 238 g/mol. The lowest BCUT2D eigenvalue weighted by Gasteiger charge is -2.10. The molecule has 1 N–H and O–H groups in total. The molecule has 92 valence electrons.